The zero-order valence-corrected chi connectivity index (χ0v) is 19.2. The monoisotopic (exact) mass is 503 g/mol. The van der Waals surface area contributed by atoms with Crippen molar-refractivity contribution < 1.29 is 14.6 Å². The lowest BCUT2D eigenvalue weighted by molar-refractivity contribution is 0.196. The predicted octanol–water partition coefficient (Wildman–Crippen LogP) is 2.02. The summed E-state index contributed by atoms with van der Waals surface area (Å²) >= 11 is 0. The number of aromatic nitrogens is 2. The Morgan fingerprint density at radius 1 is 1.32 bits per heavy atom. The number of nitrogens with one attached hydrogen (secondary N) is 1. The maximum Gasteiger partial charge on any atom is 0.194 e. The second-order valence-electron chi connectivity index (χ2n) is 6.11. The average molecular weight is 503 g/mol. The number of aryl methyl sites for hydroxylation is 1. The van der Waals surface area contributed by atoms with Crippen molar-refractivity contribution in [3.05, 3.63) is 41.7 Å². The van der Waals surface area contributed by atoms with E-state index in [0.29, 0.717) is 18.0 Å². The fourth-order valence-corrected chi connectivity index (χ4v) is 2.62. The minimum Gasteiger partial charge on any atom is -0.493 e. The Morgan fingerprint density at radius 3 is 2.71 bits per heavy atom. The Bertz CT molecular complexity index is 751. The molecular formula is C19H30IN5O3. The first-order chi connectivity index (χ1) is 13.1. The Labute approximate surface area is 183 Å². The molecule has 0 atom stereocenters. The summed E-state index contributed by atoms with van der Waals surface area (Å²) in [5.41, 5.74) is 2.13. The Kier molecular flexibility index (Phi) is 10.7. The number of hydrogen-bond donors (Lipinski definition) is 2. The highest BCUT2D eigenvalue weighted by Gasteiger charge is 2.09. The highest BCUT2D eigenvalue weighted by Crippen LogP contribution is 2.28. The molecule has 0 saturated heterocycles. The summed E-state index contributed by atoms with van der Waals surface area (Å²) in [4.78, 5) is 6.79. The number of nitrogens with zero attached hydrogens (tertiary/aromatic N) is 4. The van der Waals surface area contributed by atoms with Crippen LogP contribution in [0.3, 0.4) is 0 Å². The van der Waals surface area contributed by atoms with E-state index in [1.807, 2.05) is 51.6 Å². The highest BCUT2D eigenvalue weighted by molar-refractivity contribution is 14.0. The maximum absolute atomic E-state index is 8.90. The number of guanidine groups is 1. The van der Waals surface area contributed by atoms with Gasteiger partial charge in [0, 0.05) is 38.9 Å². The summed E-state index contributed by atoms with van der Waals surface area (Å²) in [5.74, 6) is 2.06. The van der Waals surface area contributed by atoms with Crippen LogP contribution >= 0.6 is 24.0 Å². The quantitative estimate of drug-likeness (QED) is 0.310. The van der Waals surface area contributed by atoms with Crippen LogP contribution in [0, 0.1) is 0 Å². The molecule has 0 saturated carbocycles. The Hall–Kier alpha value is -2.01. The maximum atomic E-state index is 8.90. The van der Waals surface area contributed by atoms with Crippen molar-refractivity contribution in [3.63, 3.8) is 0 Å². The summed E-state index contributed by atoms with van der Waals surface area (Å²) < 4.78 is 12.6. The minimum atomic E-state index is -0.0372. The Balaban J connectivity index is 0.00000392. The zero-order chi connectivity index (χ0) is 19.6. The molecule has 0 spiro atoms. The van der Waals surface area contributed by atoms with Gasteiger partial charge in [-0.25, -0.2) is 4.99 Å². The number of aliphatic hydroxyl groups is 1. The molecule has 0 aliphatic rings. The molecule has 2 aromatic rings. The Morgan fingerprint density at radius 2 is 2.11 bits per heavy atom. The van der Waals surface area contributed by atoms with Crippen LogP contribution in [0.25, 0.3) is 0 Å². The van der Waals surface area contributed by atoms with Gasteiger partial charge in [-0.05, 0) is 24.6 Å². The fraction of sp³-hybridized carbons (Fsp3) is 0.474. The third kappa shape index (κ3) is 7.19. The third-order valence-electron chi connectivity index (χ3n) is 3.86. The molecule has 8 nitrogen and oxygen atoms in total. The molecule has 9 heteroatoms. The van der Waals surface area contributed by atoms with Gasteiger partial charge in [-0.3, -0.25) is 4.68 Å². The van der Waals surface area contributed by atoms with Gasteiger partial charge in [-0.1, -0.05) is 6.07 Å². The second kappa shape index (κ2) is 12.4. The molecule has 1 aromatic carbocycles. The van der Waals surface area contributed by atoms with Crippen molar-refractivity contribution in [2.24, 2.45) is 12.0 Å². The molecule has 0 fully saturated rings. The van der Waals surface area contributed by atoms with E-state index < -0.39 is 0 Å². The lowest BCUT2D eigenvalue weighted by Gasteiger charge is -2.21. The number of halogens is 1. The van der Waals surface area contributed by atoms with Gasteiger partial charge in [0.1, 0.15) is 6.61 Å². The molecule has 0 unspecified atom stereocenters. The SMILES string of the molecule is CCNC(=NCc1ccc(OCCO)c(OC)c1)N(C)Cc1cnn(C)c1.I. The van der Waals surface area contributed by atoms with Gasteiger partial charge in [0.25, 0.3) is 0 Å². The summed E-state index contributed by atoms with van der Waals surface area (Å²) in [7, 11) is 5.50. The third-order valence-corrected chi connectivity index (χ3v) is 3.86. The van der Waals surface area contributed by atoms with E-state index in [9.17, 15) is 0 Å². The second-order valence-corrected chi connectivity index (χ2v) is 6.11. The number of benzene rings is 1. The summed E-state index contributed by atoms with van der Waals surface area (Å²) in [6.07, 6.45) is 3.85. The van der Waals surface area contributed by atoms with Crippen molar-refractivity contribution in [3.8, 4) is 11.5 Å². The van der Waals surface area contributed by atoms with E-state index in [4.69, 9.17) is 19.6 Å². The molecule has 2 rings (SSSR count). The van der Waals surface area contributed by atoms with Crippen molar-refractivity contribution in [1.82, 2.24) is 20.0 Å². The van der Waals surface area contributed by atoms with Crippen molar-refractivity contribution >= 4 is 29.9 Å². The molecule has 28 heavy (non-hydrogen) atoms. The van der Waals surface area contributed by atoms with E-state index in [0.717, 1.165) is 30.2 Å². The first-order valence-corrected chi connectivity index (χ1v) is 8.95. The largest absolute Gasteiger partial charge is 0.493 e. The van der Waals surface area contributed by atoms with Crippen LogP contribution in [0.15, 0.2) is 35.6 Å². The number of hydrogen-bond acceptors (Lipinski definition) is 5. The number of rotatable bonds is 9. The number of methoxy groups -OCH3 is 1. The molecule has 0 aliphatic carbocycles. The zero-order valence-electron chi connectivity index (χ0n) is 16.9. The van der Waals surface area contributed by atoms with E-state index in [1.54, 1.807) is 11.8 Å². The van der Waals surface area contributed by atoms with E-state index in [1.165, 1.54) is 0 Å². The number of aliphatic hydroxyl groups excluding tert-OH is 1. The van der Waals surface area contributed by atoms with Crippen LogP contribution in [-0.4, -0.2) is 59.7 Å². The summed E-state index contributed by atoms with van der Waals surface area (Å²) in [6, 6.07) is 5.69. The topological polar surface area (TPSA) is 84.1 Å². The van der Waals surface area contributed by atoms with Gasteiger partial charge in [0.15, 0.2) is 17.5 Å². The fourth-order valence-electron chi connectivity index (χ4n) is 2.62. The minimum absolute atomic E-state index is 0. The van der Waals surface area contributed by atoms with Crippen LogP contribution < -0.4 is 14.8 Å². The molecule has 1 heterocycles. The molecule has 2 N–H and O–H groups in total. The molecular weight excluding hydrogens is 473 g/mol. The first kappa shape index (κ1) is 24.0. The van der Waals surface area contributed by atoms with Crippen LogP contribution in [0.4, 0.5) is 0 Å². The molecule has 0 aliphatic heterocycles. The summed E-state index contributed by atoms with van der Waals surface area (Å²) in [5, 5.41) is 16.4. The van der Waals surface area contributed by atoms with Crippen molar-refractivity contribution in [2.75, 3.05) is 33.9 Å². The normalized spacial score (nSPS) is 11.0. The van der Waals surface area contributed by atoms with Crippen molar-refractivity contribution in [1.29, 1.82) is 0 Å². The average Bonchev–Trinajstić information content (AvgIpc) is 3.08. The van der Waals surface area contributed by atoms with Crippen LogP contribution in [0.2, 0.25) is 0 Å². The number of aliphatic imine (C=N–C) groups is 1. The molecule has 156 valence electrons. The highest BCUT2D eigenvalue weighted by atomic mass is 127. The molecule has 0 amide bonds. The van der Waals surface area contributed by atoms with Gasteiger partial charge < -0.3 is 24.8 Å². The summed E-state index contributed by atoms with van der Waals surface area (Å²) in [6.45, 7) is 4.26. The van der Waals surface area contributed by atoms with Crippen LogP contribution in [0.5, 0.6) is 11.5 Å². The van der Waals surface area contributed by atoms with E-state index in [2.05, 4.69) is 15.3 Å². The van der Waals surface area contributed by atoms with Crippen LogP contribution in [-0.2, 0) is 20.1 Å². The van der Waals surface area contributed by atoms with Gasteiger partial charge >= 0.3 is 0 Å². The molecule has 0 bridgehead atoms. The van der Waals surface area contributed by atoms with Gasteiger partial charge in [0.2, 0.25) is 0 Å². The predicted molar refractivity (Wildman–Crippen MR) is 120 cm³/mol. The number of ether oxygens (including phenoxy) is 2. The van der Waals surface area contributed by atoms with E-state index in [-0.39, 0.29) is 37.2 Å². The van der Waals surface area contributed by atoms with Gasteiger partial charge in [-0.2, -0.15) is 5.10 Å². The molecule has 0 radical (unpaired) electrons. The van der Waals surface area contributed by atoms with Gasteiger partial charge in [0.05, 0.1) is 26.5 Å². The first-order valence-electron chi connectivity index (χ1n) is 8.95. The van der Waals surface area contributed by atoms with Crippen molar-refractivity contribution in [2.45, 2.75) is 20.0 Å². The smallest absolute Gasteiger partial charge is 0.194 e. The lowest BCUT2D eigenvalue weighted by atomic mass is 10.2. The van der Waals surface area contributed by atoms with Crippen LogP contribution in [0.1, 0.15) is 18.1 Å². The van der Waals surface area contributed by atoms with E-state index >= 15 is 0 Å². The standard InChI is InChI=1S/C19H29N5O3.HI/c1-5-20-19(23(2)13-16-12-22-24(3)14-16)21-11-15-6-7-17(27-9-8-25)18(10-15)26-4;/h6-7,10,12,14,25H,5,8-9,11,13H2,1-4H3,(H,20,21);1H. The van der Waals surface area contributed by atoms with Gasteiger partial charge in [-0.15, -0.1) is 24.0 Å². The lowest BCUT2D eigenvalue weighted by Crippen LogP contribution is -2.38. The molecule has 1 aromatic heterocycles.